The predicted octanol–water partition coefficient (Wildman–Crippen LogP) is 3.20. The molecule has 0 aromatic heterocycles. The number of aliphatic hydroxyl groups is 1. The van der Waals surface area contributed by atoms with Crippen molar-refractivity contribution in [3.8, 4) is 0 Å². The van der Waals surface area contributed by atoms with Crippen molar-refractivity contribution in [2.24, 2.45) is 0 Å². The highest BCUT2D eigenvalue weighted by atomic mass is 79.9. The number of halogens is 1. The van der Waals surface area contributed by atoms with E-state index >= 15 is 0 Å². The third kappa shape index (κ3) is 3.40. The van der Waals surface area contributed by atoms with Gasteiger partial charge in [-0.2, -0.15) is 0 Å². The lowest BCUT2D eigenvalue weighted by Crippen LogP contribution is -2.14. The first-order chi connectivity index (χ1) is 6.91. The number of nitrogen functional groups attached to an aromatic ring is 1. The molecule has 0 bridgehead atoms. The third-order valence-electron chi connectivity index (χ3n) is 2.31. The van der Waals surface area contributed by atoms with Crippen LogP contribution in [0.3, 0.4) is 0 Å². The van der Waals surface area contributed by atoms with E-state index in [1.54, 1.807) is 18.7 Å². The summed E-state index contributed by atoms with van der Waals surface area (Å²) in [4.78, 5) is 1.12. The van der Waals surface area contributed by atoms with Crippen molar-refractivity contribution in [3.63, 3.8) is 0 Å². The number of hydrogen-bond acceptors (Lipinski definition) is 3. The predicted molar refractivity (Wildman–Crippen MR) is 70.3 cm³/mol. The first-order valence-corrected chi connectivity index (χ1v) is 6.49. The van der Waals surface area contributed by atoms with Gasteiger partial charge in [-0.3, -0.25) is 0 Å². The Labute approximate surface area is 103 Å². The molecular weight excluding hydrogens is 274 g/mol. The second kappa shape index (κ2) is 5.23. The van der Waals surface area contributed by atoms with Crippen LogP contribution in [0.15, 0.2) is 21.5 Å². The molecule has 0 heterocycles. The van der Waals surface area contributed by atoms with Gasteiger partial charge in [0.25, 0.3) is 0 Å². The second-order valence-corrected chi connectivity index (χ2v) is 5.98. The molecule has 0 amide bonds. The lowest BCUT2D eigenvalue weighted by molar-refractivity contribution is 0.196. The van der Waals surface area contributed by atoms with Crippen molar-refractivity contribution >= 4 is 33.4 Å². The van der Waals surface area contributed by atoms with Gasteiger partial charge in [-0.15, -0.1) is 11.8 Å². The Bertz CT molecular complexity index is 355. The van der Waals surface area contributed by atoms with E-state index in [2.05, 4.69) is 15.9 Å². The lowest BCUT2D eigenvalue weighted by Gasteiger charge is -2.16. The molecule has 3 N–H and O–H groups in total. The Hall–Kier alpha value is -0.190. The summed E-state index contributed by atoms with van der Waals surface area (Å²) in [5.41, 5.74) is 7.65. The van der Waals surface area contributed by atoms with E-state index in [4.69, 9.17) is 5.73 Å². The molecule has 1 aromatic carbocycles. The molecule has 2 nitrogen and oxygen atoms in total. The number of aryl methyl sites for hydroxylation is 1. The zero-order chi connectivity index (χ0) is 11.6. The summed E-state index contributed by atoms with van der Waals surface area (Å²) in [5.74, 6) is 0. The van der Waals surface area contributed by atoms with Crippen molar-refractivity contribution in [2.45, 2.75) is 37.0 Å². The highest BCUT2D eigenvalue weighted by Crippen LogP contribution is 2.34. The molecule has 1 aromatic rings. The highest BCUT2D eigenvalue weighted by Gasteiger charge is 2.13. The molecular formula is C11H16BrNOS. The maximum absolute atomic E-state index is 9.44. The van der Waals surface area contributed by atoms with E-state index in [9.17, 15) is 5.11 Å². The first kappa shape index (κ1) is 12.9. The molecule has 4 heteroatoms. The van der Waals surface area contributed by atoms with Crippen LogP contribution in [0.1, 0.15) is 19.4 Å². The summed E-state index contributed by atoms with van der Waals surface area (Å²) in [7, 11) is 0. The van der Waals surface area contributed by atoms with Gasteiger partial charge in [-0.1, -0.05) is 6.92 Å². The van der Waals surface area contributed by atoms with Crippen LogP contribution >= 0.6 is 27.7 Å². The van der Waals surface area contributed by atoms with Gasteiger partial charge in [0.15, 0.2) is 0 Å². The van der Waals surface area contributed by atoms with Crippen LogP contribution in [-0.4, -0.2) is 16.5 Å². The Morgan fingerprint density at radius 1 is 1.40 bits per heavy atom. The van der Waals surface area contributed by atoms with Gasteiger partial charge in [0.05, 0.1) is 6.10 Å². The summed E-state index contributed by atoms with van der Waals surface area (Å²) in [6, 6.07) is 3.95. The number of benzene rings is 1. The third-order valence-corrected chi connectivity index (χ3v) is 4.59. The molecule has 0 saturated heterocycles. The van der Waals surface area contributed by atoms with E-state index in [1.165, 1.54) is 0 Å². The van der Waals surface area contributed by atoms with Crippen LogP contribution in [0.5, 0.6) is 0 Å². The minimum absolute atomic E-state index is 0.171. The maximum Gasteiger partial charge on any atom is 0.0631 e. The number of anilines is 1. The summed E-state index contributed by atoms with van der Waals surface area (Å²) < 4.78 is 0.989. The molecule has 0 aliphatic rings. The molecule has 84 valence electrons. The van der Waals surface area contributed by atoms with E-state index < -0.39 is 0 Å². The number of rotatable bonds is 3. The van der Waals surface area contributed by atoms with Gasteiger partial charge < -0.3 is 10.8 Å². The number of nitrogens with two attached hydrogens (primary N) is 1. The summed E-state index contributed by atoms with van der Waals surface area (Å²) in [5, 5.41) is 9.61. The molecule has 1 rings (SSSR count). The molecule has 2 unspecified atom stereocenters. The quantitative estimate of drug-likeness (QED) is 0.664. The van der Waals surface area contributed by atoms with E-state index in [-0.39, 0.29) is 11.4 Å². The van der Waals surface area contributed by atoms with Crippen LogP contribution in [0.25, 0.3) is 0 Å². The lowest BCUT2D eigenvalue weighted by atomic mass is 10.2. The maximum atomic E-state index is 9.44. The molecule has 0 saturated carbocycles. The summed E-state index contributed by atoms with van der Waals surface area (Å²) >= 11 is 5.13. The molecule has 0 spiro atoms. The van der Waals surface area contributed by atoms with Crippen molar-refractivity contribution in [2.75, 3.05) is 5.73 Å². The van der Waals surface area contributed by atoms with Gasteiger partial charge >= 0.3 is 0 Å². The van der Waals surface area contributed by atoms with E-state index in [0.717, 1.165) is 20.6 Å². The van der Waals surface area contributed by atoms with Crippen LogP contribution < -0.4 is 5.73 Å². The van der Waals surface area contributed by atoms with Crippen molar-refractivity contribution in [1.29, 1.82) is 0 Å². The zero-order valence-corrected chi connectivity index (χ0v) is 11.5. The number of hydrogen-bond donors (Lipinski definition) is 2. The topological polar surface area (TPSA) is 46.2 Å². The second-order valence-electron chi connectivity index (χ2n) is 3.70. The van der Waals surface area contributed by atoms with Crippen LogP contribution in [0.4, 0.5) is 5.69 Å². The Kier molecular flexibility index (Phi) is 4.49. The Balaban J connectivity index is 2.91. The molecule has 0 fully saturated rings. The number of aliphatic hydroxyl groups excluding tert-OH is 1. The van der Waals surface area contributed by atoms with Crippen molar-refractivity contribution in [1.82, 2.24) is 0 Å². The zero-order valence-electron chi connectivity index (χ0n) is 9.12. The minimum atomic E-state index is -0.320. The highest BCUT2D eigenvalue weighted by molar-refractivity contribution is 9.10. The van der Waals surface area contributed by atoms with Gasteiger partial charge in [0.1, 0.15) is 0 Å². The van der Waals surface area contributed by atoms with E-state index in [1.807, 2.05) is 26.0 Å². The fraction of sp³-hybridized carbons (Fsp3) is 0.455. The smallest absolute Gasteiger partial charge is 0.0631 e. The SMILES string of the molecule is Cc1cc(SC(C)C(C)O)c(Br)cc1N. The van der Waals surface area contributed by atoms with Gasteiger partial charge in [0.2, 0.25) is 0 Å². The Morgan fingerprint density at radius 2 is 2.00 bits per heavy atom. The van der Waals surface area contributed by atoms with Crippen molar-refractivity contribution in [3.05, 3.63) is 22.2 Å². The molecule has 15 heavy (non-hydrogen) atoms. The fourth-order valence-electron chi connectivity index (χ4n) is 1.06. The van der Waals surface area contributed by atoms with Gasteiger partial charge in [-0.25, -0.2) is 0 Å². The van der Waals surface area contributed by atoms with Crippen LogP contribution in [0, 0.1) is 6.92 Å². The van der Waals surface area contributed by atoms with Crippen LogP contribution in [-0.2, 0) is 0 Å². The average molecular weight is 290 g/mol. The van der Waals surface area contributed by atoms with Gasteiger partial charge in [0, 0.05) is 20.3 Å². The standard InChI is InChI=1S/C11H16BrNOS/c1-6-4-11(9(12)5-10(6)13)15-8(3)7(2)14/h4-5,7-8,14H,13H2,1-3H3. The van der Waals surface area contributed by atoms with Crippen LogP contribution in [0.2, 0.25) is 0 Å². The first-order valence-electron chi connectivity index (χ1n) is 4.82. The monoisotopic (exact) mass is 289 g/mol. The number of thioether (sulfide) groups is 1. The van der Waals surface area contributed by atoms with Crippen molar-refractivity contribution < 1.29 is 5.11 Å². The molecule has 0 radical (unpaired) electrons. The fourth-order valence-corrected chi connectivity index (χ4v) is 2.71. The average Bonchev–Trinajstić information content (AvgIpc) is 2.13. The summed E-state index contributed by atoms with van der Waals surface area (Å²) in [6.45, 7) is 5.79. The molecule has 2 atom stereocenters. The summed E-state index contributed by atoms with van der Waals surface area (Å²) in [6.07, 6.45) is -0.320. The largest absolute Gasteiger partial charge is 0.398 e. The minimum Gasteiger partial charge on any atom is -0.398 e. The normalized spacial score (nSPS) is 15.0. The van der Waals surface area contributed by atoms with Gasteiger partial charge in [-0.05, 0) is 47.5 Å². The molecule has 0 aliphatic carbocycles. The Morgan fingerprint density at radius 3 is 2.53 bits per heavy atom. The molecule has 0 aliphatic heterocycles. The van der Waals surface area contributed by atoms with E-state index in [0.29, 0.717) is 0 Å².